The van der Waals surface area contributed by atoms with Crippen molar-refractivity contribution in [1.82, 2.24) is 5.32 Å². The van der Waals surface area contributed by atoms with Crippen molar-refractivity contribution in [2.45, 2.75) is 18.4 Å². The van der Waals surface area contributed by atoms with Crippen molar-refractivity contribution in [3.05, 3.63) is 36.1 Å². The standard InChI is InChI=1S/C13H14N2O2/c14-8-13(5-6-13)15-12(16)11-7-9-3-1-2-4-10(9)17-11/h1-4,7H,5-6,8,14H2,(H,15,16). The normalized spacial score (nSPS) is 17.0. The molecule has 0 bridgehead atoms. The Hall–Kier alpha value is -1.81. The number of amides is 1. The Morgan fingerprint density at radius 3 is 2.82 bits per heavy atom. The molecule has 1 aliphatic rings. The Morgan fingerprint density at radius 1 is 1.41 bits per heavy atom. The van der Waals surface area contributed by atoms with Gasteiger partial charge in [0.1, 0.15) is 5.58 Å². The first-order valence-corrected chi connectivity index (χ1v) is 5.74. The molecule has 1 aromatic carbocycles. The predicted molar refractivity (Wildman–Crippen MR) is 64.7 cm³/mol. The van der Waals surface area contributed by atoms with Crippen LogP contribution in [0.4, 0.5) is 0 Å². The van der Waals surface area contributed by atoms with Gasteiger partial charge in [0.15, 0.2) is 5.76 Å². The Labute approximate surface area is 98.8 Å². The van der Waals surface area contributed by atoms with Gasteiger partial charge in [-0.25, -0.2) is 0 Å². The SMILES string of the molecule is NCC1(NC(=O)c2cc3ccccc3o2)CC1. The molecular formula is C13H14N2O2. The van der Waals surface area contributed by atoms with Gasteiger partial charge in [-0.15, -0.1) is 0 Å². The summed E-state index contributed by atoms with van der Waals surface area (Å²) >= 11 is 0. The fraction of sp³-hybridized carbons (Fsp3) is 0.308. The first-order valence-electron chi connectivity index (χ1n) is 5.74. The minimum Gasteiger partial charge on any atom is -0.451 e. The van der Waals surface area contributed by atoms with E-state index >= 15 is 0 Å². The highest BCUT2D eigenvalue weighted by atomic mass is 16.3. The lowest BCUT2D eigenvalue weighted by Gasteiger charge is -2.13. The molecule has 4 heteroatoms. The molecule has 1 saturated carbocycles. The molecule has 1 aromatic heterocycles. The van der Waals surface area contributed by atoms with E-state index < -0.39 is 0 Å². The number of fused-ring (bicyclic) bond motifs is 1. The number of para-hydroxylation sites is 1. The summed E-state index contributed by atoms with van der Waals surface area (Å²) in [6.07, 6.45) is 1.91. The third-order valence-electron chi connectivity index (χ3n) is 3.27. The minimum atomic E-state index is -0.184. The van der Waals surface area contributed by atoms with Gasteiger partial charge in [0.2, 0.25) is 0 Å². The van der Waals surface area contributed by atoms with Crippen LogP contribution in [0.2, 0.25) is 0 Å². The number of nitrogens with two attached hydrogens (primary N) is 1. The molecule has 0 aliphatic heterocycles. The first kappa shape index (κ1) is 10.4. The molecule has 4 nitrogen and oxygen atoms in total. The highest BCUT2D eigenvalue weighted by Gasteiger charge is 2.43. The van der Waals surface area contributed by atoms with Crippen molar-refractivity contribution in [1.29, 1.82) is 0 Å². The number of hydrogen-bond acceptors (Lipinski definition) is 3. The molecule has 0 radical (unpaired) electrons. The van der Waals surface area contributed by atoms with Crippen molar-refractivity contribution in [3.8, 4) is 0 Å². The summed E-state index contributed by atoms with van der Waals surface area (Å²) in [5.41, 5.74) is 6.17. The molecule has 1 fully saturated rings. The van der Waals surface area contributed by atoms with Crippen LogP contribution in [0.3, 0.4) is 0 Å². The van der Waals surface area contributed by atoms with E-state index in [1.165, 1.54) is 0 Å². The average molecular weight is 230 g/mol. The largest absolute Gasteiger partial charge is 0.451 e. The summed E-state index contributed by atoms with van der Waals surface area (Å²) < 4.78 is 5.50. The van der Waals surface area contributed by atoms with Gasteiger partial charge in [-0.1, -0.05) is 18.2 Å². The molecule has 0 unspecified atom stereocenters. The number of carbonyl (C=O) groups is 1. The smallest absolute Gasteiger partial charge is 0.287 e. The van der Waals surface area contributed by atoms with Crippen LogP contribution in [-0.4, -0.2) is 18.0 Å². The van der Waals surface area contributed by atoms with E-state index in [4.69, 9.17) is 10.2 Å². The molecular weight excluding hydrogens is 216 g/mol. The number of rotatable bonds is 3. The third-order valence-corrected chi connectivity index (χ3v) is 3.27. The van der Waals surface area contributed by atoms with Gasteiger partial charge in [-0.2, -0.15) is 0 Å². The van der Waals surface area contributed by atoms with Crippen LogP contribution in [-0.2, 0) is 0 Å². The maximum atomic E-state index is 12.0. The van der Waals surface area contributed by atoms with Crippen LogP contribution in [0.25, 0.3) is 11.0 Å². The second-order valence-corrected chi connectivity index (χ2v) is 4.59. The van der Waals surface area contributed by atoms with E-state index in [0.717, 1.165) is 23.8 Å². The first-order chi connectivity index (χ1) is 8.22. The van der Waals surface area contributed by atoms with Gasteiger partial charge < -0.3 is 15.5 Å². The van der Waals surface area contributed by atoms with Crippen molar-refractivity contribution in [2.24, 2.45) is 5.73 Å². The molecule has 0 atom stereocenters. The zero-order valence-electron chi connectivity index (χ0n) is 9.40. The molecule has 2 aromatic rings. The lowest BCUT2D eigenvalue weighted by molar-refractivity contribution is 0.0907. The van der Waals surface area contributed by atoms with E-state index in [-0.39, 0.29) is 11.4 Å². The molecule has 0 saturated heterocycles. The molecule has 3 rings (SSSR count). The number of furan rings is 1. The Kier molecular flexibility index (Phi) is 2.19. The van der Waals surface area contributed by atoms with E-state index in [9.17, 15) is 4.79 Å². The summed E-state index contributed by atoms with van der Waals surface area (Å²) in [6, 6.07) is 9.34. The third kappa shape index (κ3) is 1.80. The summed E-state index contributed by atoms with van der Waals surface area (Å²) in [5, 5.41) is 3.88. The molecule has 1 amide bonds. The van der Waals surface area contributed by atoms with Gasteiger partial charge in [-0.3, -0.25) is 4.79 Å². The second-order valence-electron chi connectivity index (χ2n) is 4.59. The van der Waals surface area contributed by atoms with Crippen LogP contribution in [0, 0.1) is 0 Å². The number of benzene rings is 1. The lowest BCUT2D eigenvalue weighted by Crippen LogP contribution is -2.42. The zero-order chi connectivity index (χ0) is 11.9. The van der Waals surface area contributed by atoms with Gasteiger partial charge in [0, 0.05) is 11.9 Å². The highest BCUT2D eigenvalue weighted by molar-refractivity contribution is 5.96. The highest BCUT2D eigenvalue weighted by Crippen LogP contribution is 2.34. The average Bonchev–Trinajstić information content (AvgIpc) is 2.98. The summed E-state index contributed by atoms with van der Waals surface area (Å²) in [5.74, 6) is 0.176. The van der Waals surface area contributed by atoms with E-state index in [1.807, 2.05) is 24.3 Å². The van der Waals surface area contributed by atoms with Crippen molar-refractivity contribution in [3.63, 3.8) is 0 Å². The van der Waals surface area contributed by atoms with Gasteiger partial charge >= 0.3 is 0 Å². The van der Waals surface area contributed by atoms with Crippen LogP contribution >= 0.6 is 0 Å². The minimum absolute atomic E-state index is 0.177. The summed E-state index contributed by atoms with van der Waals surface area (Å²) in [7, 11) is 0. The topological polar surface area (TPSA) is 68.3 Å². The number of carbonyl (C=O) groups excluding carboxylic acids is 1. The fourth-order valence-corrected chi connectivity index (χ4v) is 1.93. The molecule has 0 spiro atoms. The Bertz CT molecular complexity index is 537. The maximum absolute atomic E-state index is 12.0. The molecule has 88 valence electrons. The van der Waals surface area contributed by atoms with Crippen molar-refractivity contribution >= 4 is 16.9 Å². The quantitative estimate of drug-likeness (QED) is 0.842. The maximum Gasteiger partial charge on any atom is 0.287 e. The zero-order valence-corrected chi connectivity index (χ0v) is 9.40. The summed E-state index contributed by atoms with van der Waals surface area (Å²) in [6.45, 7) is 0.485. The predicted octanol–water partition coefficient (Wildman–Crippen LogP) is 1.65. The van der Waals surface area contributed by atoms with E-state index in [2.05, 4.69) is 5.32 Å². The van der Waals surface area contributed by atoms with Crippen molar-refractivity contribution < 1.29 is 9.21 Å². The van der Waals surface area contributed by atoms with Gasteiger partial charge in [-0.05, 0) is 25.0 Å². The van der Waals surface area contributed by atoms with E-state index in [1.54, 1.807) is 6.07 Å². The summed E-state index contributed by atoms with van der Waals surface area (Å²) in [4.78, 5) is 12.0. The van der Waals surface area contributed by atoms with Crippen LogP contribution in [0.15, 0.2) is 34.7 Å². The molecule has 1 heterocycles. The van der Waals surface area contributed by atoms with Gasteiger partial charge in [0.25, 0.3) is 5.91 Å². The van der Waals surface area contributed by atoms with Gasteiger partial charge in [0.05, 0.1) is 5.54 Å². The van der Waals surface area contributed by atoms with Crippen LogP contribution < -0.4 is 11.1 Å². The number of hydrogen-bond donors (Lipinski definition) is 2. The molecule has 1 aliphatic carbocycles. The number of nitrogens with one attached hydrogen (secondary N) is 1. The lowest BCUT2D eigenvalue weighted by atomic mass is 10.2. The van der Waals surface area contributed by atoms with Crippen LogP contribution in [0.5, 0.6) is 0 Å². The van der Waals surface area contributed by atoms with E-state index in [0.29, 0.717) is 12.3 Å². The van der Waals surface area contributed by atoms with Crippen molar-refractivity contribution in [2.75, 3.05) is 6.54 Å². The molecule has 3 N–H and O–H groups in total. The van der Waals surface area contributed by atoms with Crippen LogP contribution in [0.1, 0.15) is 23.4 Å². The Balaban J connectivity index is 1.86. The fourth-order valence-electron chi connectivity index (χ4n) is 1.93. The molecule has 17 heavy (non-hydrogen) atoms. The Morgan fingerprint density at radius 2 is 2.18 bits per heavy atom. The second kappa shape index (κ2) is 3.60. The monoisotopic (exact) mass is 230 g/mol.